The summed E-state index contributed by atoms with van der Waals surface area (Å²) < 4.78 is 47.8. The van der Waals surface area contributed by atoms with E-state index in [2.05, 4.69) is 15.4 Å². The minimum absolute atomic E-state index is 0.0376. The molecule has 2 saturated carbocycles. The molecule has 14 heteroatoms. The first-order valence-electron chi connectivity index (χ1n) is 18.2. The second-order valence-corrected chi connectivity index (χ2v) is 17.4. The van der Waals surface area contributed by atoms with Gasteiger partial charge in [-0.15, -0.1) is 0 Å². The number of carbonyl (C=O) groups is 4. The van der Waals surface area contributed by atoms with Gasteiger partial charge in [-0.25, -0.2) is 17.6 Å². The number of amides is 4. The number of rotatable bonds is 6. The predicted molar refractivity (Wildman–Crippen MR) is 191 cm³/mol. The molecule has 278 valence electrons. The van der Waals surface area contributed by atoms with Crippen LogP contribution in [0.5, 0.6) is 0 Å². The van der Waals surface area contributed by atoms with Crippen LogP contribution in [0.2, 0.25) is 0 Å². The van der Waals surface area contributed by atoms with Crippen LogP contribution < -0.4 is 15.4 Å². The normalized spacial score (nSPS) is 28.4. The van der Waals surface area contributed by atoms with Crippen molar-refractivity contribution >= 4 is 39.5 Å². The van der Waals surface area contributed by atoms with Gasteiger partial charge in [0.1, 0.15) is 29.5 Å². The maximum Gasteiger partial charge on any atom is 0.410 e. The Labute approximate surface area is 303 Å². The van der Waals surface area contributed by atoms with E-state index >= 15 is 0 Å². The number of halogens is 1. The fourth-order valence-corrected chi connectivity index (χ4v) is 8.91. The maximum absolute atomic E-state index is 14.5. The Kier molecular flexibility index (Phi) is 9.55. The van der Waals surface area contributed by atoms with Gasteiger partial charge in [-0.2, -0.15) is 0 Å². The highest BCUT2D eigenvalue weighted by Crippen LogP contribution is 2.47. The lowest BCUT2D eigenvalue weighted by Crippen LogP contribution is -2.58. The Morgan fingerprint density at radius 3 is 2.58 bits per heavy atom. The molecule has 3 heterocycles. The molecule has 0 aromatic heterocycles. The first kappa shape index (κ1) is 35.9. The molecule has 52 heavy (non-hydrogen) atoms. The molecule has 3 fully saturated rings. The number of benzene rings is 2. The summed E-state index contributed by atoms with van der Waals surface area (Å²) in [6, 6.07) is 10.5. The second kappa shape index (κ2) is 13.8. The minimum atomic E-state index is -3.98. The number of hydrogen-bond donors (Lipinski definition) is 3. The van der Waals surface area contributed by atoms with Crippen LogP contribution in [0.1, 0.15) is 81.4 Å². The van der Waals surface area contributed by atoms with Crippen LogP contribution in [-0.2, 0) is 42.2 Å². The molecule has 2 aromatic carbocycles. The van der Waals surface area contributed by atoms with Gasteiger partial charge < -0.3 is 20.3 Å². The van der Waals surface area contributed by atoms with Crippen LogP contribution in [0.3, 0.4) is 0 Å². The third kappa shape index (κ3) is 7.01. The Balaban J connectivity index is 1.16. The average Bonchev–Trinajstić information content (AvgIpc) is 3.90. The molecule has 4 amide bonds. The van der Waals surface area contributed by atoms with Crippen LogP contribution in [0.25, 0.3) is 0 Å². The van der Waals surface area contributed by atoms with Crippen LogP contribution >= 0.6 is 0 Å². The van der Waals surface area contributed by atoms with Crippen molar-refractivity contribution in [2.45, 2.75) is 113 Å². The van der Waals surface area contributed by atoms with Gasteiger partial charge in [0, 0.05) is 30.1 Å². The van der Waals surface area contributed by atoms with Gasteiger partial charge in [0.05, 0.1) is 17.8 Å². The van der Waals surface area contributed by atoms with E-state index in [9.17, 15) is 32.0 Å². The molecule has 12 nitrogen and oxygen atoms in total. The number of hydrogen-bond acceptors (Lipinski definition) is 8. The summed E-state index contributed by atoms with van der Waals surface area (Å²) in [5, 5.41) is 6.27. The summed E-state index contributed by atoms with van der Waals surface area (Å²) in [6.45, 7) is 3.66. The summed E-state index contributed by atoms with van der Waals surface area (Å²) in [5.74, 6) is -2.62. The molecule has 2 aromatic rings. The highest BCUT2D eigenvalue weighted by Gasteiger charge is 2.63. The first-order chi connectivity index (χ1) is 24.8. The van der Waals surface area contributed by atoms with E-state index in [-0.39, 0.29) is 38.4 Å². The summed E-state index contributed by atoms with van der Waals surface area (Å²) in [6.07, 6.45) is 6.99. The number of nitrogens with one attached hydrogen (secondary N) is 3. The molecule has 5 aliphatic rings. The molecule has 3 N–H and O–H groups in total. The monoisotopic (exact) mass is 735 g/mol. The Morgan fingerprint density at radius 1 is 1.04 bits per heavy atom. The van der Waals surface area contributed by atoms with E-state index in [0.29, 0.717) is 30.4 Å². The predicted octanol–water partition coefficient (Wildman–Crippen LogP) is 4.43. The van der Waals surface area contributed by atoms with Crippen molar-refractivity contribution in [2.75, 3.05) is 11.9 Å². The number of anilines is 1. The molecule has 3 aliphatic heterocycles. The van der Waals surface area contributed by atoms with Gasteiger partial charge in [-0.05, 0) is 75.6 Å². The minimum Gasteiger partial charge on any atom is -0.444 e. The van der Waals surface area contributed by atoms with Crippen LogP contribution in [-0.4, -0.2) is 77.1 Å². The van der Waals surface area contributed by atoms with Crippen LogP contribution in [0.4, 0.5) is 14.9 Å². The maximum atomic E-state index is 14.5. The van der Waals surface area contributed by atoms with Gasteiger partial charge in [0.2, 0.25) is 21.8 Å². The molecule has 0 spiro atoms. The lowest BCUT2D eigenvalue weighted by Gasteiger charge is -2.30. The standard InChI is InChI=1S/C38H46FN5O7S/c1-24-11-8-9-15-30(24)40-31-16-7-5-3-4-6-13-26-20-38(26,35(47)42-52(49,50)37(2)17-18-37)41-33(45)32-19-27(22-44(32)34(31)46)51-36(48)43-21-25-12-10-14-29(39)28(25)23-43/h6,8-15,26-27,31-32,40H,3-5,7,16-23H2,1-2H3,(H,41,45)(H,42,47)/t26-,27-,31+,32+,38-/m1/s1. The first-order valence-corrected chi connectivity index (χ1v) is 19.7. The van der Waals surface area contributed by atoms with E-state index in [4.69, 9.17) is 4.74 Å². The zero-order chi connectivity index (χ0) is 36.8. The van der Waals surface area contributed by atoms with Crippen LogP contribution in [0.15, 0.2) is 54.6 Å². The highest BCUT2D eigenvalue weighted by molar-refractivity contribution is 7.91. The molecular formula is C38H46FN5O7S. The number of aryl methyl sites for hydroxylation is 1. The van der Waals surface area contributed by atoms with Gasteiger partial charge >= 0.3 is 6.09 Å². The van der Waals surface area contributed by atoms with Gasteiger partial charge in [-0.1, -0.05) is 55.3 Å². The average molecular weight is 736 g/mol. The number of allylic oxidation sites excluding steroid dienone is 1. The van der Waals surface area contributed by atoms with Crippen molar-refractivity contribution < 1.29 is 36.7 Å². The van der Waals surface area contributed by atoms with Gasteiger partial charge in [0.25, 0.3) is 5.91 Å². The Bertz CT molecular complexity index is 1920. The molecule has 0 bridgehead atoms. The topological polar surface area (TPSA) is 154 Å². The molecule has 5 atom stereocenters. The third-order valence-electron chi connectivity index (χ3n) is 11.4. The lowest BCUT2D eigenvalue weighted by atomic mass is 10.0. The zero-order valence-corrected chi connectivity index (χ0v) is 30.3. The van der Waals surface area contributed by atoms with Crippen molar-refractivity contribution in [3.63, 3.8) is 0 Å². The summed E-state index contributed by atoms with van der Waals surface area (Å²) in [5.41, 5.74) is 1.33. The number of ether oxygens (including phenoxy) is 1. The lowest BCUT2D eigenvalue weighted by molar-refractivity contribution is -0.140. The third-order valence-corrected chi connectivity index (χ3v) is 13.6. The van der Waals surface area contributed by atoms with Crippen LogP contribution in [0, 0.1) is 18.7 Å². The molecule has 0 radical (unpaired) electrons. The second-order valence-electron chi connectivity index (χ2n) is 15.2. The molecule has 2 aliphatic carbocycles. The van der Waals surface area contributed by atoms with E-state index in [0.717, 1.165) is 36.9 Å². The van der Waals surface area contributed by atoms with Crippen molar-refractivity contribution in [1.82, 2.24) is 19.8 Å². The Morgan fingerprint density at radius 2 is 1.83 bits per heavy atom. The Hall–Kier alpha value is -4.46. The van der Waals surface area contributed by atoms with Crippen molar-refractivity contribution in [1.29, 1.82) is 0 Å². The largest absolute Gasteiger partial charge is 0.444 e. The molecule has 0 unspecified atom stereocenters. The SMILES string of the molecule is Cc1ccccc1N[C@H]1CCCCCC=C[C@@H]2C[C@@]2(C(=O)NS(=O)(=O)C2(C)CC2)NC(=O)[C@@H]2C[C@@H](OC(=O)N3Cc4cccc(F)c4C3)CN2C1=O. The van der Waals surface area contributed by atoms with E-state index in [1.54, 1.807) is 19.1 Å². The fraction of sp³-hybridized carbons (Fsp3) is 0.526. The smallest absolute Gasteiger partial charge is 0.410 e. The van der Waals surface area contributed by atoms with E-state index < -0.39 is 68.1 Å². The summed E-state index contributed by atoms with van der Waals surface area (Å²) >= 11 is 0. The van der Waals surface area contributed by atoms with E-state index in [1.807, 2.05) is 43.3 Å². The summed E-state index contributed by atoms with van der Waals surface area (Å²) in [7, 11) is -3.98. The molecule has 1 saturated heterocycles. The summed E-state index contributed by atoms with van der Waals surface area (Å²) in [4.78, 5) is 58.8. The van der Waals surface area contributed by atoms with Crippen molar-refractivity contribution in [2.24, 2.45) is 5.92 Å². The fourth-order valence-electron chi connectivity index (χ4n) is 7.60. The number of sulfonamides is 1. The van der Waals surface area contributed by atoms with Gasteiger partial charge in [-0.3, -0.25) is 24.0 Å². The van der Waals surface area contributed by atoms with Crippen molar-refractivity contribution in [3.05, 3.63) is 77.1 Å². The number of nitrogens with zero attached hydrogens (tertiary/aromatic N) is 2. The van der Waals surface area contributed by atoms with Crippen molar-refractivity contribution in [3.8, 4) is 0 Å². The quantitative estimate of drug-likeness (QED) is 0.369. The molecule has 7 rings (SSSR count). The zero-order valence-electron chi connectivity index (χ0n) is 29.5. The highest BCUT2D eigenvalue weighted by atomic mass is 32.2. The van der Waals surface area contributed by atoms with Gasteiger partial charge in [0.15, 0.2) is 0 Å². The number of para-hydroxylation sites is 1. The number of carbonyl (C=O) groups excluding carboxylic acids is 4. The molecular weight excluding hydrogens is 690 g/mol. The number of fused-ring (bicyclic) bond motifs is 3. The van der Waals surface area contributed by atoms with E-state index in [1.165, 1.54) is 15.9 Å².